The zero-order valence-electron chi connectivity index (χ0n) is 18.1. The van der Waals surface area contributed by atoms with E-state index in [2.05, 4.69) is 15.2 Å². The van der Waals surface area contributed by atoms with Gasteiger partial charge in [-0.3, -0.25) is 15.2 Å². The van der Waals surface area contributed by atoms with Gasteiger partial charge in [0.2, 0.25) is 5.16 Å². The van der Waals surface area contributed by atoms with Crippen LogP contribution < -0.4 is 0 Å². The van der Waals surface area contributed by atoms with E-state index in [-0.39, 0.29) is 15.7 Å². The zero-order valence-corrected chi connectivity index (χ0v) is 20.5. The number of aliphatic carboxylic acids is 1. The highest BCUT2D eigenvalue weighted by atomic mass is 35.5. The molecule has 11 heteroatoms. The molecule has 0 saturated heterocycles. The summed E-state index contributed by atoms with van der Waals surface area (Å²) in [5.74, 6) is -0.745. The highest BCUT2D eigenvalue weighted by Gasteiger charge is 2.17. The molecule has 0 aliphatic carbocycles. The minimum absolute atomic E-state index is 0.0853. The Labute approximate surface area is 213 Å². The van der Waals surface area contributed by atoms with Crippen LogP contribution in [0, 0.1) is 17.0 Å². The first-order chi connectivity index (χ1) is 16.8. The van der Waals surface area contributed by atoms with Crippen LogP contribution in [0.2, 0.25) is 5.02 Å². The van der Waals surface area contributed by atoms with Crippen molar-refractivity contribution in [2.45, 2.75) is 21.9 Å². The predicted molar refractivity (Wildman–Crippen MR) is 137 cm³/mol. The molecular formula is C24H17ClN4O4S2. The second kappa shape index (κ2) is 10.8. The fourth-order valence-corrected chi connectivity index (χ4v) is 4.71. The molecule has 4 rings (SSSR count). The number of nitro benzene ring substituents is 1. The van der Waals surface area contributed by atoms with E-state index in [0.29, 0.717) is 21.3 Å². The van der Waals surface area contributed by atoms with Crippen LogP contribution in [0.3, 0.4) is 0 Å². The van der Waals surface area contributed by atoms with Gasteiger partial charge in [0.05, 0.1) is 4.92 Å². The van der Waals surface area contributed by atoms with Crippen LogP contribution >= 0.6 is 35.1 Å². The quantitative estimate of drug-likeness (QED) is 0.113. The summed E-state index contributed by atoms with van der Waals surface area (Å²) in [5, 5.41) is 28.8. The molecule has 0 atom stereocenters. The summed E-state index contributed by atoms with van der Waals surface area (Å²) in [6.07, 6.45) is 1.40. The first-order valence-corrected chi connectivity index (χ1v) is 12.1. The molecule has 0 aliphatic rings. The number of thioether (sulfide) groups is 1. The van der Waals surface area contributed by atoms with Crippen LogP contribution in [0.5, 0.6) is 0 Å². The van der Waals surface area contributed by atoms with Crippen LogP contribution in [-0.2, 0) is 4.79 Å². The van der Waals surface area contributed by atoms with Crippen molar-refractivity contribution in [1.29, 1.82) is 0 Å². The van der Waals surface area contributed by atoms with Crippen LogP contribution in [0.4, 0.5) is 5.69 Å². The van der Waals surface area contributed by atoms with Crippen LogP contribution in [0.1, 0.15) is 11.1 Å². The van der Waals surface area contributed by atoms with E-state index < -0.39 is 10.9 Å². The van der Waals surface area contributed by atoms with Gasteiger partial charge < -0.3 is 5.11 Å². The molecule has 8 nitrogen and oxygen atoms in total. The smallest absolute Gasteiger partial charge is 0.342 e. The summed E-state index contributed by atoms with van der Waals surface area (Å²) < 4.78 is 0. The summed E-state index contributed by atoms with van der Waals surface area (Å²) in [7, 11) is 0. The highest BCUT2D eigenvalue weighted by Crippen LogP contribution is 2.36. The van der Waals surface area contributed by atoms with Gasteiger partial charge in [-0.2, -0.15) is 0 Å². The molecular weight excluding hydrogens is 508 g/mol. The molecule has 0 aliphatic heterocycles. The van der Waals surface area contributed by atoms with Crippen molar-refractivity contribution < 1.29 is 14.8 Å². The standard InChI is InChI=1S/C24H17ClN4O4S2/c1-14-2-9-19(10-3-14)34-20-11-8-18(29(32)33)12-16(20)13-21(23(30)31)35-24-26-22(27-28-24)15-4-6-17(25)7-5-15/h2-13H,1H3,(H,30,31)(H,26,27,28)/b21-13+. The Balaban J connectivity index is 1.67. The maximum atomic E-state index is 12.0. The number of hydrogen-bond acceptors (Lipinski definition) is 7. The third-order valence-corrected chi connectivity index (χ3v) is 6.96. The van der Waals surface area contributed by atoms with Crippen molar-refractivity contribution in [3.8, 4) is 11.4 Å². The Bertz CT molecular complexity index is 1420. The predicted octanol–water partition coefficient (Wildman–Crippen LogP) is 6.71. The average molecular weight is 525 g/mol. The number of benzene rings is 3. The number of non-ortho nitro benzene ring substituents is 1. The number of nitrogens with zero attached hydrogens (tertiary/aromatic N) is 3. The minimum atomic E-state index is -1.20. The van der Waals surface area contributed by atoms with Crippen molar-refractivity contribution in [2.24, 2.45) is 0 Å². The summed E-state index contributed by atoms with van der Waals surface area (Å²) in [5.41, 5.74) is 2.11. The Morgan fingerprint density at radius 1 is 1.11 bits per heavy atom. The number of carboxylic acids is 1. The maximum Gasteiger partial charge on any atom is 0.342 e. The number of hydrogen-bond donors (Lipinski definition) is 2. The van der Waals surface area contributed by atoms with Gasteiger partial charge in [0.15, 0.2) is 5.82 Å². The number of aromatic amines is 1. The third kappa shape index (κ3) is 6.30. The second-order valence-electron chi connectivity index (χ2n) is 7.28. The molecule has 1 heterocycles. The largest absolute Gasteiger partial charge is 0.477 e. The number of aromatic nitrogens is 3. The van der Waals surface area contributed by atoms with E-state index in [0.717, 1.165) is 27.8 Å². The van der Waals surface area contributed by atoms with E-state index in [4.69, 9.17) is 11.6 Å². The number of halogens is 1. The number of carboxylic acid groups (broad SMARTS) is 1. The molecule has 2 N–H and O–H groups in total. The van der Waals surface area contributed by atoms with Gasteiger partial charge in [0.1, 0.15) is 4.91 Å². The van der Waals surface area contributed by atoms with Crippen molar-refractivity contribution >= 4 is 52.9 Å². The first kappa shape index (κ1) is 24.5. The molecule has 0 saturated carbocycles. The van der Waals surface area contributed by atoms with E-state index in [1.807, 2.05) is 31.2 Å². The van der Waals surface area contributed by atoms with Gasteiger partial charge in [0.25, 0.3) is 5.69 Å². The fraction of sp³-hybridized carbons (Fsp3) is 0.0417. The highest BCUT2D eigenvalue weighted by molar-refractivity contribution is 8.04. The van der Waals surface area contributed by atoms with E-state index in [1.165, 1.54) is 30.0 Å². The molecule has 0 amide bonds. The summed E-state index contributed by atoms with van der Waals surface area (Å²) in [6.45, 7) is 1.98. The molecule has 35 heavy (non-hydrogen) atoms. The van der Waals surface area contributed by atoms with Crippen molar-refractivity contribution in [2.75, 3.05) is 0 Å². The lowest BCUT2D eigenvalue weighted by Gasteiger charge is -2.08. The topological polar surface area (TPSA) is 122 Å². The molecule has 176 valence electrons. The fourth-order valence-electron chi connectivity index (χ4n) is 2.99. The first-order valence-electron chi connectivity index (χ1n) is 10.1. The number of nitrogens with one attached hydrogen (secondary N) is 1. The van der Waals surface area contributed by atoms with E-state index in [9.17, 15) is 20.0 Å². The molecule has 0 fully saturated rings. The lowest BCUT2D eigenvalue weighted by molar-refractivity contribution is -0.384. The molecule has 1 aromatic heterocycles. The Morgan fingerprint density at radius 3 is 2.49 bits per heavy atom. The lowest BCUT2D eigenvalue weighted by atomic mass is 10.2. The van der Waals surface area contributed by atoms with Gasteiger partial charge in [-0.1, -0.05) is 41.1 Å². The third-order valence-electron chi connectivity index (χ3n) is 4.73. The van der Waals surface area contributed by atoms with Crippen LogP contribution in [-0.4, -0.2) is 31.2 Å². The van der Waals surface area contributed by atoms with E-state index >= 15 is 0 Å². The Kier molecular flexibility index (Phi) is 7.54. The van der Waals surface area contributed by atoms with Crippen molar-refractivity contribution in [1.82, 2.24) is 15.2 Å². The minimum Gasteiger partial charge on any atom is -0.477 e. The summed E-state index contributed by atoms with van der Waals surface area (Å²) in [4.78, 5) is 28.7. The molecule has 4 aromatic rings. The molecule has 0 unspecified atom stereocenters. The van der Waals surface area contributed by atoms with Gasteiger partial charge in [0, 0.05) is 32.5 Å². The maximum absolute atomic E-state index is 12.0. The van der Waals surface area contributed by atoms with E-state index in [1.54, 1.807) is 30.3 Å². The number of H-pyrrole nitrogens is 1. The van der Waals surface area contributed by atoms with Gasteiger partial charge in [-0.25, -0.2) is 9.78 Å². The number of rotatable bonds is 8. The number of aryl methyl sites for hydroxylation is 1. The summed E-state index contributed by atoms with van der Waals surface area (Å²) in [6, 6.07) is 19.1. The molecule has 3 aromatic carbocycles. The SMILES string of the molecule is Cc1ccc(Sc2ccc([N+](=O)[O-])cc2/C=C(/Sc2n[nH]c(-c3ccc(Cl)cc3)n2)C(=O)O)cc1. The molecule has 0 spiro atoms. The summed E-state index contributed by atoms with van der Waals surface area (Å²) >= 11 is 8.15. The second-order valence-corrected chi connectivity index (χ2v) is 9.84. The Morgan fingerprint density at radius 2 is 1.83 bits per heavy atom. The zero-order chi connectivity index (χ0) is 24.9. The average Bonchev–Trinajstić information content (AvgIpc) is 3.30. The van der Waals surface area contributed by atoms with Gasteiger partial charge in [-0.05, 0) is 72.8 Å². The lowest BCUT2D eigenvalue weighted by Crippen LogP contribution is -1.98. The number of carbonyl (C=O) groups is 1. The normalized spacial score (nSPS) is 11.4. The van der Waals surface area contributed by atoms with Crippen molar-refractivity contribution in [3.05, 3.63) is 97.9 Å². The number of nitro groups is 1. The molecule has 0 bridgehead atoms. The molecule has 0 radical (unpaired) electrons. The van der Waals surface area contributed by atoms with Crippen LogP contribution in [0.15, 0.2) is 86.6 Å². The van der Waals surface area contributed by atoms with Crippen molar-refractivity contribution in [3.63, 3.8) is 0 Å². The van der Waals surface area contributed by atoms with Gasteiger partial charge in [-0.15, -0.1) is 5.10 Å². The van der Waals surface area contributed by atoms with Gasteiger partial charge >= 0.3 is 5.97 Å². The monoisotopic (exact) mass is 524 g/mol. The van der Waals surface area contributed by atoms with Crippen LogP contribution in [0.25, 0.3) is 17.5 Å². The Hall–Kier alpha value is -3.60.